The molecule has 0 atom stereocenters. The number of furan rings is 1. The van der Waals surface area contributed by atoms with E-state index >= 15 is 0 Å². The van der Waals surface area contributed by atoms with Gasteiger partial charge in [0.25, 0.3) is 0 Å². The molecule has 0 amide bonds. The monoisotopic (exact) mass is 541 g/mol. The molecule has 3 heteroatoms. The first-order valence-electron chi connectivity index (χ1n) is 13.9. The van der Waals surface area contributed by atoms with Crippen molar-refractivity contribution in [3.05, 3.63) is 140 Å². The van der Waals surface area contributed by atoms with Gasteiger partial charge in [-0.15, -0.1) is 11.3 Å². The molecule has 0 unspecified atom stereocenters. The third-order valence-corrected chi connectivity index (χ3v) is 9.36. The van der Waals surface area contributed by atoms with Gasteiger partial charge in [-0.25, -0.2) is 0 Å². The molecule has 2 heterocycles. The highest BCUT2D eigenvalue weighted by atomic mass is 32.1. The maximum Gasteiger partial charge on any atom is 0.135 e. The third-order valence-electron chi connectivity index (χ3n) is 8.23. The quantitative estimate of drug-likeness (QED) is 0.207. The Bertz CT molecular complexity index is 2450. The van der Waals surface area contributed by atoms with Gasteiger partial charge in [0.1, 0.15) is 11.2 Å². The summed E-state index contributed by atoms with van der Waals surface area (Å²) < 4.78 is 8.81. The maximum absolute atomic E-state index is 6.23. The first-order chi connectivity index (χ1) is 20.3. The molecular formula is C38H23NOS. The normalized spacial score (nSPS) is 11.9. The molecule has 0 aliphatic heterocycles. The van der Waals surface area contributed by atoms with Crippen molar-refractivity contribution in [1.82, 2.24) is 0 Å². The van der Waals surface area contributed by atoms with E-state index in [1.807, 2.05) is 23.5 Å². The molecule has 0 saturated heterocycles. The fraction of sp³-hybridized carbons (Fsp3) is 0. The molecule has 0 bridgehead atoms. The zero-order valence-corrected chi connectivity index (χ0v) is 22.9. The summed E-state index contributed by atoms with van der Waals surface area (Å²) in [5.41, 5.74) is 5.25. The van der Waals surface area contributed by atoms with Crippen LogP contribution in [0.25, 0.3) is 63.7 Å². The van der Waals surface area contributed by atoms with Gasteiger partial charge in [-0.2, -0.15) is 0 Å². The number of nitrogens with zero attached hydrogens (tertiary/aromatic N) is 1. The number of fused-ring (bicyclic) bond motifs is 9. The molecule has 41 heavy (non-hydrogen) atoms. The summed E-state index contributed by atoms with van der Waals surface area (Å²) >= 11 is 1.85. The first kappa shape index (κ1) is 22.7. The summed E-state index contributed by atoms with van der Waals surface area (Å²) in [6, 6.07) is 50.2. The highest BCUT2D eigenvalue weighted by Gasteiger charge is 2.22. The lowest BCUT2D eigenvalue weighted by Gasteiger charge is -2.28. The minimum Gasteiger partial charge on any atom is -0.456 e. The number of rotatable bonds is 3. The number of para-hydroxylation sites is 1. The molecule has 2 aromatic heterocycles. The second kappa shape index (κ2) is 8.69. The molecular weight excluding hydrogens is 518 g/mol. The van der Waals surface area contributed by atoms with Gasteiger partial charge in [-0.3, -0.25) is 0 Å². The van der Waals surface area contributed by atoms with E-state index < -0.39 is 0 Å². The number of thiophene rings is 1. The highest BCUT2D eigenvalue weighted by Crippen LogP contribution is 2.48. The summed E-state index contributed by atoms with van der Waals surface area (Å²) in [7, 11) is 0. The van der Waals surface area contributed by atoms with Gasteiger partial charge in [0.2, 0.25) is 0 Å². The smallest absolute Gasteiger partial charge is 0.135 e. The maximum atomic E-state index is 6.23. The lowest BCUT2D eigenvalue weighted by molar-refractivity contribution is 0.669. The van der Waals surface area contributed by atoms with E-state index in [2.05, 4.69) is 132 Å². The standard InChI is InChI=1S/C38H23NOS/c1-2-11-26-24(10-1)22-33(28-13-4-3-12-27(26)28)39(25-20-21-35-31(23-25)29-14-5-7-17-34(29)40-35)32-16-9-19-37-38(32)30-15-6-8-18-36(30)41-37/h1-23H. The van der Waals surface area contributed by atoms with Crippen molar-refractivity contribution >= 4 is 92.1 Å². The molecule has 0 radical (unpaired) electrons. The zero-order chi connectivity index (χ0) is 26.9. The minimum atomic E-state index is 0.900. The van der Waals surface area contributed by atoms with Gasteiger partial charge in [-0.05, 0) is 64.7 Å². The van der Waals surface area contributed by atoms with Crippen LogP contribution in [0.5, 0.6) is 0 Å². The molecule has 9 aromatic rings. The molecule has 9 rings (SSSR count). The number of hydrogen-bond acceptors (Lipinski definition) is 3. The summed E-state index contributed by atoms with van der Waals surface area (Å²) in [5.74, 6) is 0. The van der Waals surface area contributed by atoms with Crippen LogP contribution in [0.4, 0.5) is 17.1 Å². The molecule has 0 aliphatic rings. The van der Waals surface area contributed by atoms with Gasteiger partial charge >= 0.3 is 0 Å². The van der Waals surface area contributed by atoms with E-state index in [4.69, 9.17) is 4.42 Å². The summed E-state index contributed by atoms with van der Waals surface area (Å²) in [6.45, 7) is 0. The second-order valence-corrected chi connectivity index (χ2v) is 11.6. The van der Waals surface area contributed by atoms with Crippen LogP contribution < -0.4 is 4.90 Å². The highest BCUT2D eigenvalue weighted by molar-refractivity contribution is 7.26. The molecule has 0 fully saturated rings. The van der Waals surface area contributed by atoms with Crippen molar-refractivity contribution in [3.8, 4) is 0 Å². The van der Waals surface area contributed by atoms with Crippen LogP contribution in [0.3, 0.4) is 0 Å². The van der Waals surface area contributed by atoms with E-state index in [0.717, 1.165) is 33.3 Å². The van der Waals surface area contributed by atoms with Gasteiger partial charge in [0.15, 0.2) is 0 Å². The second-order valence-electron chi connectivity index (χ2n) is 10.5. The molecule has 0 saturated carbocycles. The SMILES string of the molecule is c1ccc2c(c1)cc(N(c1ccc3oc4ccccc4c3c1)c1cccc3sc4ccccc4c13)c1ccccc12. The van der Waals surface area contributed by atoms with E-state index in [0.29, 0.717) is 0 Å². The Morgan fingerprint density at radius 2 is 1.12 bits per heavy atom. The fourth-order valence-corrected chi connectivity index (χ4v) is 7.55. The van der Waals surface area contributed by atoms with Gasteiger partial charge in [0.05, 0.1) is 11.4 Å². The number of hydrogen-bond donors (Lipinski definition) is 0. The van der Waals surface area contributed by atoms with E-state index in [9.17, 15) is 0 Å². The summed E-state index contributed by atoms with van der Waals surface area (Å²) in [5, 5.41) is 9.78. The topological polar surface area (TPSA) is 16.4 Å². The molecule has 7 aromatic carbocycles. The van der Waals surface area contributed by atoms with E-state index in [-0.39, 0.29) is 0 Å². The van der Waals surface area contributed by atoms with Crippen molar-refractivity contribution in [1.29, 1.82) is 0 Å². The summed E-state index contributed by atoms with van der Waals surface area (Å²) in [6.07, 6.45) is 0. The third kappa shape index (κ3) is 3.36. The molecule has 0 spiro atoms. The lowest BCUT2D eigenvalue weighted by atomic mass is 9.98. The average Bonchev–Trinajstić information content (AvgIpc) is 3.60. The van der Waals surface area contributed by atoms with Crippen molar-refractivity contribution in [2.45, 2.75) is 0 Å². The molecule has 0 N–H and O–H groups in total. The number of anilines is 3. The Morgan fingerprint density at radius 1 is 0.439 bits per heavy atom. The van der Waals surface area contributed by atoms with Gasteiger partial charge < -0.3 is 9.32 Å². The van der Waals surface area contributed by atoms with Gasteiger partial charge in [0, 0.05) is 42.0 Å². The van der Waals surface area contributed by atoms with Crippen LogP contribution >= 0.6 is 11.3 Å². The Balaban J connectivity index is 1.43. The van der Waals surface area contributed by atoms with Crippen LogP contribution in [-0.4, -0.2) is 0 Å². The van der Waals surface area contributed by atoms with Crippen molar-refractivity contribution in [2.75, 3.05) is 4.90 Å². The zero-order valence-electron chi connectivity index (χ0n) is 22.0. The molecule has 0 aliphatic carbocycles. The minimum absolute atomic E-state index is 0.900. The van der Waals surface area contributed by atoms with Crippen LogP contribution in [0.1, 0.15) is 0 Å². The Hall–Kier alpha value is -5.12. The first-order valence-corrected chi connectivity index (χ1v) is 14.7. The predicted octanol–water partition coefficient (Wildman–Crippen LogP) is 11.7. The molecule has 2 nitrogen and oxygen atoms in total. The Morgan fingerprint density at radius 3 is 2.02 bits per heavy atom. The Kier molecular flexibility index (Phi) is 4.80. The number of benzene rings is 7. The van der Waals surface area contributed by atoms with Crippen molar-refractivity contribution in [2.24, 2.45) is 0 Å². The van der Waals surface area contributed by atoms with Crippen LogP contribution in [0.2, 0.25) is 0 Å². The van der Waals surface area contributed by atoms with Crippen molar-refractivity contribution < 1.29 is 4.42 Å². The van der Waals surface area contributed by atoms with E-state index in [1.54, 1.807) is 0 Å². The van der Waals surface area contributed by atoms with Crippen LogP contribution in [0, 0.1) is 0 Å². The van der Waals surface area contributed by atoms with E-state index in [1.165, 1.54) is 47.4 Å². The van der Waals surface area contributed by atoms with Gasteiger partial charge in [-0.1, -0.05) is 91.0 Å². The van der Waals surface area contributed by atoms with Crippen LogP contribution in [0.15, 0.2) is 144 Å². The lowest BCUT2D eigenvalue weighted by Crippen LogP contribution is -2.11. The fourth-order valence-electron chi connectivity index (χ4n) is 6.42. The molecule has 192 valence electrons. The average molecular weight is 542 g/mol. The Labute approximate surface area is 240 Å². The predicted molar refractivity (Wildman–Crippen MR) is 176 cm³/mol. The largest absolute Gasteiger partial charge is 0.456 e. The van der Waals surface area contributed by atoms with Crippen molar-refractivity contribution in [3.63, 3.8) is 0 Å². The van der Waals surface area contributed by atoms with Crippen LogP contribution in [-0.2, 0) is 0 Å². The summed E-state index contributed by atoms with van der Waals surface area (Å²) in [4.78, 5) is 2.46.